The van der Waals surface area contributed by atoms with Crippen molar-refractivity contribution in [3.63, 3.8) is 0 Å². The lowest BCUT2D eigenvalue weighted by atomic mass is 10.1. The van der Waals surface area contributed by atoms with Crippen molar-refractivity contribution in [2.24, 2.45) is 7.05 Å². The van der Waals surface area contributed by atoms with E-state index in [0.717, 1.165) is 0 Å². The van der Waals surface area contributed by atoms with Gasteiger partial charge in [-0.15, -0.1) is 10.2 Å². The fraction of sp³-hybridized carbons (Fsp3) is 0.750. The summed E-state index contributed by atoms with van der Waals surface area (Å²) >= 11 is 0. The second-order valence-corrected chi connectivity index (χ2v) is 7.59. The molecule has 7 nitrogen and oxygen atoms in total. The van der Waals surface area contributed by atoms with Crippen molar-refractivity contribution in [1.29, 1.82) is 0 Å². The molecule has 1 amide bonds. The zero-order valence-corrected chi connectivity index (χ0v) is 13.3. The SMILES string of the molecule is Cn1cnnc1S(=O)(=O)C1CCN(C(=O)CCC(F)(F)F)CC1. The van der Waals surface area contributed by atoms with Crippen molar-refractivity contribution in [3.05, 3.63) is 6.33 Å². The largest absolute Gasteiger partial charge is 0.389 e. The van der Waals surface area contributed by atoms with Crippen molar-refractivity contribution in [2.45, 2.75) is 42.3 Å². The third kappa shape index (κ3) is 4.21. The summed E-state index contributed by atoms with van der Waals surface area (Å²) in [7, 11) is -2.15. The maximum atomic E-state index is 12.4. The minimum atomic E-state index is -4.37. The van der Waals surface area contributed by atoms with Gasteiger partial charge < -0.3 is 9.47 Å². The number of nitrogens with zero attached hydrogens (tertiary/aromatic N) is 4. The van der Waals surface area contributed by atoms with Gasteiger partial charge in [0.05, 0.1) is 11.7 Å². The Morgan fingerprint density at radius 1 is 1.35 bits per heavy atom. The highest BCUT2D eigenvalue weighted by molar-refractivity contribution is 7.91. The van der Waals surface area contributed by atoms with Crippen LogP contribution in [0.3, 0.4) is 0 Å². The standard InChI is InChI=1S/C12H17F3N4O3S/c1-18-8-16-17-11(18)23(21,22)9-3-6-19(7-4-9)10(20)2-5-12(13,14)15/h8-9H,2-7H2,1H3. The molecule has 2 rings (SSSR count). The van der Waals surface area contributed by atoms with Crippen LogP contribution in [0, 0.1) is 0 Å². The molecule has 130 valence electrons. The number of sulfone groups is 1. The molecule has 1 saturated heterocycles. The Balaban J connectivity index is 1.94. The lowest BCUT2D eigenvalue weighted by Crippen LogP contribution is -2.43. The number of hydrogen-bond donors (Lipinski definition) is 0. The first-order chi connectivity index (χ1) is 10.6. The van der Waals surface area contributed by atoms with E-state index >= 15 is 0 Å². The lowest BCUT2D eigenvalue weighted by molar-refractivity contribution is -0.149. The van der Waals surface area contributed by atoms with Crippen LogP contribution in [0.2, 0.25) is 0 Å². The highest BCUT2D eigenvalue weighted by Gasteiger charge is 2.36. The molecule has 0 spiro atoms. The zero-order valence-electron chi connectivity index (χ0n) is 12.5. The number of aryl methyl sites for hydroxylation is 1. The summed E-state index contributed by atoms with van der Waals surface area (Å²) in [5.74, 6) is -0.600. The fourth-order valence-corrected chi connectivity index (χ4v) is 4.24. The van der Waals surface area contributed by atoms with Gasteiger partial charge in [-0.05, 0) is 12.8 Å². The molecular weight excluding hydrogens is 337 g/mol. The van der Waals surface area contributed by atoms with Gasteiger partial charge in [0.2, 0.25) is 20.9 Å². The quantitative estimate of drug-likeness (QED) is 0.803. The monoisotopic (exact) mass is 354 g/mol. The van der Waals surface area contributed by atoms with Gasteiger partial charge in [-0.25, -0.2) is 8.42 Å². The van der Waals surface area contributed by atoms with Crippen molar-refractivity contribution < 1.29 is 26.4 Å². The van der Waals surface area contributed by atoms with Gasteiger partial charge in [0.25, 0.3) is 0 Å². The molecular formula is C12H17F3N4O3S. The molecule has 1 aliphatic heterocycles. The summed E-state index contributed by atoms with van der Waals surface area (Å²) < 4.78 is 62.5. The molecule has 1 aromatic rings. The summed E-state index contributed by atoms with van der Waals surface area (Å²) in [5.41, 5.74) is 0. The number of hydrogen-bond acceptors (Lipinski definition) is 5. The maximum absolute atomic E-state index is 12.4. The highest BCUT2D eigenvalue weighted by atomic mass is 32.2. The van der Waals surface area contributed by atoms with Gasteiger partial charge in [0.15, 0.2) is 0 Å². The van der Waals surface area contributed by atoms with Crippen LogP contribution in [0.15, 0.2) is 11.5 Å². The Bertz CT molecular complexity index is 663. The summed E-state index contributed by atoms with van der Waals surface area (Å²) in [6.07, 6.45) is -4.52. The molecule has 2 heterocycles. The molecule has 0 aliphatic carbocycles. The van der Waals surface area contributed by atoms with Crippen molar-refractivity contribution in [1.82, 2.24) is 19.7 Å². The molecule has 0 unspecified atom stereocenters. The molecule has 0 saturated carbocycles. The molecule has 1 aromatic heterocycles. The Labute approximate surface area is 131 Å². The molecule has 0 N–H and O–H groups in total. The van der Waals surface area contributed by atoms with Gasteiger partial charge in [0, 0.05) is 26.6 Å². The summed E-state index contributed by atoms with van der Waals surface area (Å²) in [5, 5.41) is 6.28. The summed E-state index contributed by atoms with van der Waals surface area (Å²) in [6, 6.07) is 0. The average Bonchev–Trinajstić information content (AvgIpc) is 2.91. The van der Waals surface area contributed by atoms with Crippen LogP contribution >= 0.6 is 0 Å². The first-order valence-electron chi connectivity index (χ1n) is 7.03. The average molecular weight is 354 g/mol. The summed E-state index contributed by atoms with van der Waals surface area (Å²) in [4.78, 5) is 13.0. The van der Waals surface area contributed by atoms with E-state index < -0.39 is 40.0 Å². The predicted molar refractivity (Wildman–Crippen MR) is 73.1 cm³/mol. The van der Waals surface area contributed by atoms with Crippen LogP contribution in [0.5, 0.6) is 0 Å². The second kappa shape index (κ2) is 6.46. The van der Waals surface area contributed by atoms with Gasteiger partial charge >= 0.3 is 6.18 Å². The van der Waals surface area contributed by atoms with Gasteiger partial charge in [-0.2, -0.15) is 13.2 Å². The maximum Gasteiger partial charge on any atom is 0.389 e. The molecule has 0 radical (unpaired) electrons. The number of alkyl halides is 3. The van der Waals surface area contributed by atoms with Gasteiger partial charge in [0.1, 0.15) is 6.33 Å². The third-order valence-corrected chi connectivity index (χ3v) is 6.01. The molecule has 1 aliphatic rings. The van der Waals surface area contributed by atoms with Crippen LogP contribution < -0.4 is 0 Å². The lowest BCUT2D eigenvalue weighted by Gasteiger charge is -2.31. The first-order valence-corrected chi connectivity index (χ1v) is 8.58. The van der Waals surface area contributed by atoms with E-state index in [1.165, 1.54) is 22.8 Å². The predicted octanol–water partition coefficient (Wildman–Crippen LogP) is 0.922. The van der Waals surface area contributed by atoms with Crippen molar-refractivity contribution >= 4 is 15.7 Å². The van der Waals surface area contributed by atoms with Crippen LogP contribution in [-0.4, -0.2) is 58.5 Å². The zero-order chi connectivity index (χ0) is 17.3. The van der Waals surface area contributed by atoms with Crippen LogP contribution in [0.1, 0.15) is 25.7 Å². The Kier molecular flexibility index (Phi) is 4.97. The van der Waals surface area contributed by atoms with E-state index in [9.17, 15) is 26.4 Å². The molecule has 0 atom stereocenters. The van der Waals surface area contributed by atoms with Gasteiger partial charge in [-0.3, -0.25) is 4.79 Å². The van der Waals surface area contributed by atoms with Gasteiger partial charge in [-0.1, -0.05) is 0 Å². The van der Waals surface area contributed by atoms with E-state index in [-0.39, 0.29) is 31.1 Å². The molecule has 0 aromatic carbocycles. The molecule has 23 heavy (non-hydrogen) atoms. The highest BCUT2D eigenvalue weighted by Crippen LogP contribution is 2.25. The smallest absolute Gasteiger partial charge is 0.343 e. The Morgan fingerprint density at radius 2 is 1.96 bits per heavy atom. The number of carbonyl (C=O) groups excluding carboxylic acids is 1. The number of halogens is 3. The minimum Gasteiger partial charge on any atom is -0.343 e. The number of carbonyl (C=O) groups is 1. The van der Waals surface area contributed by atoms with E-state index in [0.29, 0.717) is 0 Å². The topological polar surface area (TPSA) is 85.2 Å². The number of piperidine rings is 1. The van der Waals surface area contributed by atoms with Crippen LogP contribution in [-0.2, 0) is 21.7 Å². The number of rotatable bonds is 4. The second-order valence-electron chi connectivity index (χ2n) is 5.46. The molecule has 1 fully saturated rings. The number of aromatic nitrogens is 3. The number of likely N-dealkylation sites (tertiary alicyclic amines) is 1. The van der Waals surface area contributed by atoms with Crippen LogP contribution in [0.25, 0.3) is 0 Å². The number of amides is 1. The molecule has 11 heteroatoms. The van der Waals surface area contributed by atoms with E-state index in [4.69, 9.17) is 0 Å². The summed E-state index contributed by atoms with van der Waals surface area (Å²) in [6.45, 7) is 0.247. The Hall–Kier alpha value is -1.65. The van der Waals surface area contributed by atoms with Crippen molar-refractivity contribution in [2.75, 3.05) is 13.1 Å². The third-order valence-electron chi connectivity index (χ3n) is 3.78. The van der Waals surface area contributed by atoms with Crippen molar-refractivity contribution in [3.8, 4) is 0 Å². The molecule has 0 bridgehead atoms. The Morgan fingerprint density at radius 3 is 2.43 bits per heavy atom. The van der Waals surface area contributed by atoms with E-state index in [1.807, 2.05) is 0 Å². The van der Waals surface area contributed by atoms with Crippen LogP contribution in [0.4, 0.5) is 13.2 Å². The van der Waals surface area contributed by atoms with E-state index in [2.05, 4.69) is 10.2 Å². The fourth-order valence-electron chi connectivity index (χ4n) is 2.50. The first kappa shape index (κ1) is 17.7. The normalized spacial score (nSPS) is 17.5. The minimum absolute atomic E-state index is 0.123. The van der Waals surface area contributed by atoms with E-state index in [1.54, 1.807) is 0 Å².